The molecule has 0 bridgehead atoms. The molecule has 1 aliphatic rings. The molecule has 0 spiro atoms. The molecule has 1 aliphatic carbocycles. The van der Waals surface area contributed by atoms with Crippen molar-refractivity contribution in [2.75, 3.05) is 0 Å². The molecule has 0 saturated heterocycles. The largest absolute Gasteiger partial charge is 0.256 e. The zero-order chi connectivity index (χ0) is 33.9. The van der Waals surface area contributed by atoms with Crippen LogP contribution in [-0.2, 0) is 16.2 Å². The number of benzene rings is 1. The number of nitrogens with zero attached hydrogens (tertiary/aromatic N) is 1. The summed E-state index contributed by atoms with van der Waals surface area (Å²) in [5.74, 6) is 0. The molecule has 1 aromatic heterocycles. The Bertz CT molecular complexity index is 1410. The van der Waals surface area contributed by atoms with Crippen LogP contribution in [0, 0.1) is 0 Å². The summed E-state index contributed by atoms with van der Waals surface area (Å²) < 4.78 is 162. The maximum Gasteiger partial charge on any atom is 0.0704 e. The lowest BCUT2D eigenvalue weighted by atomic mass is 9.63. The van der Waals surface area contributed by atoms with Gasteiger partial charge < -0.3 is 0 Å². The highest BCUT2D eigenvalue weighted by Gasteiger charge is 2.37. The predicted molar refractivity (Wildman–Crippen MR) is 104 cm³/mol. The van der Waals surface area contributed by atoms with Gasteiger partial charge in [-0.05, 0) is 63.9 Å². The van der Waals surface area contributed by atoms with E-state index in [0.29, 0.717) is 5.56 Å². The van der Waals surface area contributed by atoms with E-state index in [-0.39, 0.29) is 5.69 Å². The van der Waals surface area contributed by atoms with Gasteiger partial charge >= 0.3 is 0 Å². The first-order valence-electron chi connectivity index (χ1n) is 16.9. The first kappa shape index (κ1) is 5.43. The van der Waals surface area contributed by atoms with Crippen molar-refractivity contribution in [3.8, 4) is 11.3 Å². The van der Waals surface area contributed by atoms with Crippen LogP contribution in [0.15, 0.2) is 36.5 Å². The third-order valence-electron chi connectivity index (χ3n) is 3.88. The maximum absolute atomic E-state index is 9.13. The second-order valence-corrected chi connectivity index (χ2v) is 6.93. The molecule has 0 aliphatic heterocycles. The molecule has 128 valence electrons. The molecule has 1 nitrogen and oxygen atoms in total. The third-order valence-corrected chi connectivity index (χ3v) is 3.88. The fourth-order valence-corrected chi connectivity index (χ4v) is 2.44. The summed E-state index contributed by atoms with van der Waals surface area (Å²) >= 11 is 0. The molecule has 24 heavy (non-hydrogen) atoms. The van der Waals surface area contributed by atoms with Gasteiger partial charge in [-0.25, -0.2) is 0 Å². The quantitative estimate of drug-likeness (QED) is 0.585. The van der Waals surface area contributed by atoms with Gasteiger partial charge in [0.05, 0.1) is 9.81 Å². The lowest BCUT2D eigenvalue weighted by Gasteiger charge is -2.42. The van der Waals surface area contributed by atoms with Gasteiger partial charge in [0.25, 0.3) is 0 Å². The summed E-state index contributed by atoms with van der Waals surface area (Å²) in [6.45, 7) is -10.9. The second kappa shape index (κ2) is 5.44. The Morgan fingerprint density at radius 1 is 1.08 bits per heavy atom. The molecule has 1 heterocycles. The molecule has 0 amide bonds. The Hall–Kier alpha value is -1.63. The highest BCUT2D eigenvalue weighted by molar-refractivity contribution is 5.63. The van der Waals surface area contributed by atoms with Crippen molar-refractivity contribution < 1.29 is 26.0 Å². The van der Waals surface area contributed by atoms with Gasteiger partial charge in [0.15, 0.2) is 0 Å². The third kappa shape index (κ3) is 3.01. The molecule has 0 atom stereocenters. The first-order valence-corrected chi connectivity index (χ1v) is 7.43. The van der Waals surface area contributed by atoms with Gasteiger partial charge in [-0.3, -0.25) is 4.98 Å². The smallest absolute Gasteiger partial charge is 0.0704 e. The number of aromatic nitrogens is 1. The maximum atomic E-state index is 9.13. The molecule has 2 aromatic rings. The van der Waals surface area contributed by atoms with Gasteiger partial charge in [0.2, 0.25) is 0 Å². The van der Waals surface area contributed by atoms with Crippen LogP contribution in [0.25, 0.3) is 11.3 Å². The fraction of sp³-hybridized carbons (Fsp3) is 0.522. The average molecular weight is 341 g/mol. The van der Waals surface area contributed by atoms with Crippen molar-refractivity contribution in [3.05, 3.63) is 53.1 Å². The Morgan fingerprint density at radius 3 is 2.38 bits per heavy atom. The topological polar surface area (TPSA) is 12.9 Å². The van der Waals surface area contributed by atoms with E-state index < -0.39 is 91.2 Å². The van der Waals surface area contributed by atoms with Gasteiger partial charge in [-0.15, -0.1) is 0 Å². The van der Waals surface area contributed by atoms with Crippen molar-refractivity contribution in [1.29, 1.82) is 0 Å². The second-order valence-electron chi connectivity index (χ2n) is 6.93. The zero-order valence-corrected chi connectivity index (χ0v) is 13.7. The van der Waals surface area contributed by atoms with Crippen LogP contribution in [0.2, 0.25) is 0 Å². The molecule has 0 fully saturated rings. The van der Waals surface area contributed by atoms with E-state index in [0.717, 1.165) is 0 Å². The van der Waals surface area contributed by atoms with E-state index in [4.69, 9.17) is 26.0 Å². The van der Waals surface area contributed by atoms with Crippen LogP contribution >= 0.6 is 0 Å². The molecule has 1 heteroatoms. The van der Waals surface area contributed by atoms with Crippen molar-refractivity contribution in [3.63, 3.8) is 0 Å². The number of rotatable bonds is 1. The van der Waals surface area contributed by atoms with Crippen LogP contribution in [0.3, 0.4) is 0 Å². The molecule has 0 N–H and O–H groups in total. The van der Waals surface area contributed by atoms with E-state index in [1.807, 2.05) is 20.8 Å². The Labute approximate surface area is 174 Å². The SMILES string of the molecule is [2H]c1c([2H])c2c(c([2H])c1-c1cc(C(C)(C)C)ccn1)C(C([2H])([2H])[2H])(C([2H])([2H])[2H])C([2H])([2H])C([2H])([2H])C2(C([2H])([2H])[2H])C([2H])([2H])[2H]. The molecule has 3 rings (SSSR count). The van der Waals surface area contributed by atoms with E-state index in [1.54, 1.807) is 6.07 Å². The van der Waals surface area contributed by atoms with E-state index >= 15 is 0 Å². The van der Waals surface area contributed by atoms with E-state index in [2.05, 4.69) is 4.98 Å². The van der Waals surface area contributed by atoms with Gasteiger partial charge in [-0.2, -0.15) is 0 Å². The summed E-state index contributed by atoms with van der Waals surface area (Å²) in [7, 11) is 0. The fourth-order valence-electron chi connectivity index (χ4n) is 2.44. The monoisotopic (exact) mass is 340 g/mol. The summed E-state index contributed by atoms with van der Waals surface area (Å²) in [6, 6.07) is -0.690. The number of hydrogen-bond donors (Lipinski definition) is 0. The molecular formula is C23H31N. The lowest BCUT2D eigenvalue weighted by molar-refractivity contribution is 0.332. The van der Waals surface area contributed by atoms with Gasteiger partial charge in [0, 0.05) is 33.7 Å². The predicted octanol–water partition coefficient (Wildman–Crippen LogP) is 6.40. The summed E-state index contributed by atoms with van der Waals surface area (Å²) in [5, 5.41) is 0. The normalized spacial score (nSPS) is 36.9. The van der Waals surface area contributed by atoms with Crippen LogP contribution in [0.4, 0.5) is 0 Å². The summed E-state index contributed by atoms with van der Waals surface area (Å²) in [4.78, 5) is 4.11. The molecular weight excluding hydrogens is 290 g/mol. The minimum Gasteiger partial charge on any atom is -0.256 e. The molecule has 0 saturated carbocycles. The number of fused-ring (bicyclic) bond motifs is 1. The number of pyridine rings is 1. The number of hydrogen-bond acceptors (Lipinski definition) is 1. The molecule has 0 radical (unpaired) electrons. The standard InChI is InChI=1S/C23H31N/c1-21(2,3)17-10-13-24-20(15-17)16-8-9-18-19(14-16)23(6,7)12-11-22(18,4)5/h8-10,13-15H,11-12H2,1-7H3/i4D3,5D3,6D3,7D3,8D,9D,11D2,12D2,14D. The van der Waals surface area contributed by atoms with Crippen molar-refractivity contribution in [2.45, 2.75) is 77.2 Å². The Morgan fingerprint density at radius 2 is 1.75 bits per heavy atom. The highest BCUT2D eigenvalue weighted by atomic mass is 14.7. The minimum absolute atomic E-state index is 0.244. The molecule has 0 unspecified atom stereocenters. The van der Waals surface area contributed by atoms with Crippen LogP contribution in [0.1, 0.15) is 104 Å². The van der Waals surface area contributed by atoms with Crippen molar-refractivity contribution in [2.24, 2.45) is 0 Å². The van der Waals surface area contributed by atoms with E-state index in [1.165, 1.54) is 12.3 Å². The Kier molecular flexibility index (Phi) is 1.23. The highest BCUT2D eigenvalue weighted by Crippen LogP contribution is 2.46. The Balaban J connectivity index is 2.93. The minimum atomic E-state index is -4.35. The van der Waals surface area contributed by atoms with Crippen LogP contribution in [0.5, 0.6) is 0 Å². The first-order chi connectivity index (χ1) is 18.8. The van der Waals surface area contributed by atoms with Crippen LogP contribution in [-0.4, -0.2) is 4.98 Å². The van der Waals surface area contributed by atoms with Crippen LogP contribution < -0.4 is 0 Å². The molecule has 1 aromatic carbocycles. The zero-order valence-electron chi connectivity index (χ0n) is 32.7. The summed E-state index contributed by atoms with van der Waals surface area (Å²) in [6.07, 6.45) is -7.44. The van der Waals surface area contributed by atoms with Crippen molar-refractivity contribution >= 4 is 0 Å². The van der Waals surface area contributed by atoms with Gasteiger partial charge in [-0.1, -0.05) is 60.3 Å². The average Bonchev–Trinajstić information content (AvgIpc) is 2.74. The van der Waals surface area contributed by atoms with Gasteiger partial charge in [0.1, 0.15) is 0 Å². The van der Waals surface area contributed by atoms with Crippen molar-refractivity contribution in [1.82, 2.24) is 4.98 Å². The summed E-state index contributed by atoms with van der Waals surface area (Å²) in [5.41, 5.74) is -12.1. The van der Waals surface area contributed by atoms with E-state index in [9.17, 15) is 0 Å². The lowest BCUT2D eigenvalue weighted by Crippen LogP contribution is -2.33.